The standard InChI is InChI=1S/C15H24BrNOS/c1-3-8-17-14(7-6-12-5-4-9-18-12)15-10-13(16)11(2)19-15/h10,12,14,17H,3-9H2,1-2H3. The van der Waals surface area contributed by atoms with E-state index in [0.29, 0.717) is 12.1 Å². The summed E-state index contributed by atoms with van der Waals surface area (Å²) in [5, 5.41) is 3.68. The van der Waals surface area contributed by atoms with Crippen LogP contribution in [0.15, 0.2) is 10.5 Å². The van der Waals surface area contributed by atoms with Gasteiger partial charge in [0.2, 0.25) is 0 Å². The maximum Gasteiger partial charge on any atom is 0.0576 e. The van der Waals surface area contributed by atoms with Crippen LogP contribution in [0.1, 0.15) is 54.8 Å². The molecule has 1 aromatic rings. The fourth-order valence-electron chi connectivity index (χ4n) is 2.54. The van der Waals surface area contributed by atoms with Gasteiger partial charge < -0.3 is 10.1 Å². The molecule has 0 aliphatic carbocycles. The highest BCUT2D eigenvalue weighted by Crippen LogP contribution is 2.33. The number of nitrogens with one attached hydrogen (secondary N) is 1. The van der Waals surface area contributed by atoms with Crippen molar-refractivity contribution in [2.24, 2.45) is 0 Å². The molecule has 1 aliphatic rings. The van der Waals surface area contributed by atoms with Crippen molar-refractivity contribution in [3.63, 3.8) is 0 Å². The van der Waals surface area contributed by atoms with E-state index in [2.05, 4.69) is 41.2 Å². The number of hydrogen-bond donors (Lipinski definition) is 1. The Morgan fingerprint density at radius 3 is 3.00 bits per heavy atom. The number of halogens is 1. The summed E-state index contributed by atoms with van der Waals surface area (Å²) in [5.41, 5.74) is 0. The first-order chi connectivity index (χ1) is 9.20. The number of aryl methyl sites for hydroxylation is 1. The number of hydrogen-bond acceptors (Lipinski definition) is 3. The van der Waals surface area contributed by atoms with Crippen LogP contribution in [-0.4, -0.2) is 19.3 Å². The Labute approximate surface area is 129 Å². The van der Waals surface area contributed by atoms with Crippen LogP contribution in [0.2, 0.25) is 0 Å². The van der Waals surface area contributed by atoms with E-state index >= 15 is 0 Å². The number of ether oxygens (including phenoxy) is 1. The third-order valence-electron chi connectivity index (χ3n) is 3.66. The first-order valence-corrected chi connectivity index (χ1v) is 8.92. The van der Waals surface area contributed by atoms with E-state index in [1.165, 1.54) is 46.3 Å². The molecular weight excluding hydrogens is 322 g/mol. The van der Waals surface area contributed by atoms with Crippen molar-refractivity contribution >= 4 is 27.3 Å². The second-order valence-electron chi connectivity index (χ2n) is 5.27. The van der Waals surface area contributed by atoms with Crippen molar-refractivity contribution in [1.29, 1.82) is 0 Å². The lowest BCUT2D eigenvalue weighted by Crippen LogP contribution is -2.22. The molecule has 1 aromatic heterocycles. The zero-order valence-electron chi connectivity index (χ0n) is 11.9. The molecule has 0 radical (unpaired) electrons. The Balaban J connectivity index is 1.93. The highest BCUT2D eigenvalue weighted by Gasteiger charge is 2.20. The van der Waals surface area contributed by atoms with Crippen LogP contribution in [0.3, 0.4) is 0 Å². The average Bonchev–Trinajstić information content (AvgIpc) is 3.01. The summed E-state index contributed by atoms with van der Waals surface area (Å²) >= 11 is 5.53. The van der Waals surface area contributed by atoms with Crippen molar-refractivity contribution in [1.82, 2.24) is 5.32 Å². The maximum absolute atomic E-state index is 5.74. The summed E-state index contributed by atoms with van der Waals surface area (Å²) in [6.45, 7) is 6.45. The van der Waals surface area contributed by atoms with Crippen molar-refractivity contribution in [3.8, 4) is 0 Å². The topological polar surface area (TPSA) is 21.3 Å². The van der Waals surface area contributed by atoms with Gasteiger partial charge in [0, 0.05) is 26.9 Å². The summed E-state index contributed by atoms with van der Waals surface area (Å²) < 4.78 is 6.98. The minimum absolute atomic E-state index is 0.485. The predicted octanol–water partition coefficient (Wildman–Crippen LogP) is 4.82. The van der Waals surface area contributed by atoms with Crippen molar-refractivity contribution < 1.29 is 4.74 Å². The molecule has 2 heterocycles. The van der Waals surface area contributed by atoms with E-state index in [9.17, 15) is 0 Å². The molecular formula is C15H24BrNOS. The Kier molecular flexibility index (Phi) is 6.33. The molecule has 1 aliphatic heterocycles. The number of rotatable bonds is 7. The predicted molar refractivity (Wildman–Crippen MR) is 86.0 cm³/mol. The van der Waals surface area contributed by atoms with Gasteiger partial charge in [0.25, 0.3) is 0 Å². The molecule has 2 unspecified atom stereocenters. The SMILES string of the molecule is CCCNC(CCC1CCCO1)c1cc(Br)c(C)s1. The third kappa shape index (κ3) is 4.55. The van der Waals surface area contributed by atoms with Crippen LogP contribution in [0.4, 0.5) is 0 Å². The van der Waals surface area contributed by atoms with Gasteiger partial charge in [0.15, 0.2) is 0 Å². The quantitative estimate of drug-likeness (QED) is 0.764. The summed E-state index contributed by atoms with van der Waals surface area (Å²) in [6.07, 6.45) is 6.51. The summed E-state index contributed by atoms with van der Waals surface area (Å²) in [5.74, 6) is 0. The molecule has 0 bridgehead atoms. The van der Waals surface area contributed by atoms with Gasteiger partial charge >= 0.3 is 0 Å². The van der Waals surface area contributed by atoms with Gasteiger partial charge in [0.1, 0.15) is 0 Å². The van der Waals surface area contributed by atoms with Crippen molar-refractivity contribution in [2.45, 2.75) is 58.1 Å². The zero-order valence-corrected chi connectivity index (χ0v) is 14.3. The van der Waals surface area contributed by atoms with Crippen LogP contribution >= 0.6 is 27.3 Å². The highest BCUT2D eigenvalue weighted by molar-refractivity contribution is 9.10. The lowest BCUT2D eigenvalue weighted by atomic mass is 10.0. The molecule has 1 fully saturated rings. The fraction of sp³-hybridized carbons (Fsp3) is 0.733. The van der Waals surface area contributed by atoms with E-state index in [1.54, 1.807) is 0 Å². The molecule has 19 heavy (non-hydrogen) atoms. The molecule has 1 saturated heterocycles. The Morgan fingerprint density at radius 2 is 2.42 bits per heavy atom. The number of thiophene rings is 1. The molecule has 2 rings (SSSR count). The summed E-state index contributed by atoms with van der Waals surface area (Å²) in [7, 11) is 0. The molecule has 2 nitrogen and oxygen atoms in total. The largest absolute Gasteiger partial charge is 0.378 e. The Morgan fingerprint density at radius 1 is 1.58 bits per heavy atom. The van der Waals surface area contributed by atoms with E-state index in [4.69, 9.17) is 4.74 Å². The zero-order chi connectivity index (χ0) is 13.7. The van der Waals surface area contributed by atoms with Gasteiger partial charge in [-0.15, -0.1) is 11.3 Å². The first-order valence-electron chi connectivity index (χ1n) is 7.31. The second kappa shape index (κ2) is 7.77. The minimum atomic E-state index is 0.485. The molecule has 1 N–H and O–H groups in total. The monoisotopic (exact) mass is 345 g/mol. The molecule has 0 aromatic carbocycles. The van der Waals surface area contributed by atoms with Crippen LogP contribution < -0.4 is 5.32 Å². The molecule has 0 spiro atoms. The minimum Gasteiger partial charge on any atom is -0.378 e. The van der Waals surface area contributed by atoms with E-state index in [0.717, 1.165) is 13.2 Å². The lowest BCUT2D eigenvalue weighted by molar-refractivity contribution is 0.0997. The van der Waals surface area contributed by atoms with E-state index in [1.807, 2.05) is 11.3 Å². The first kappa shape index (κ1) is 15.5. The molecule has 4 heteroatoms. The van der Waals surface area contributed by atoms with Crippen LogP contribution in [0, 0.1) is 6.92 Å². The normalized spacial score (nSPS) is 20.9. The van der Waals surface area contributed by atoms with Gasteiger partial charge in [-0.1, -0.05) is 6.92 Å². The van der Waals surface area contributed by atoms with Crippen LogP contribution in [-0.2, 0) is 4.74 Å². The fourth-order valence-corrected chi connectivity index (χ4v) is 4.21. The van der Waals surface area contributed by atoms with E-state index < -0.39 is 0 Å². The summed E-state index contributed by atoms with van der Waals surface area (Å²) in [6, 6.07) is 2.77. The van der Waals surface area contributed by atoms with E-state index in [-0.39, 0.29) is 0 Å². The Bertz CT molecular complexity index is 368. The van der Waals surface area contributed by atoms with Gasteiger partial charge in [-0.2, -0.15) is 0 Å². The van der Waals surface area contributed by atoms with Crippen molar-refractivity contribution in [3.05, 3.63) is 20.3 Å². The van der Waals surface area contributed by atoms with Gasteiger partial charge in [-0.05, 0) is 67.6 Å². The van der Waals surface area contributed by atoms with Crippen LogP contribution in [0.5, 0.6) is 0 Å². The average molecular weight is 346 g/mol. The van der Waals surface area contributed by atoms with Gasteiger partial charge in [-0.3, -0.25) is 0 Å². The highest BCUT2D eigenvalue weighted by atomic mass is 79.9. The lowest BCUT2D eigenvalue weighted by Gasteiger charge is -2.19. The third-order valence-corrected chi connectivity index (χ3v) is 5.91. The molecule has 2 atom stereocenters. The second-order valence-corrected chi connectivity index (χ2v) is 7.41. The summed E-state index contributed by atoms with van der Waals surface area (Å²) in [4.78, 5) is 2.83. The molecule has 0 amide bonds. The molecule has 0 saturated carbocycles. The van der Waals surface area contributed by atoms with Crippen LogP contribution in [0.25, 0.3) is 0 Å². The Hall–Kier alpha value is 0.1000. The maximum atomic E-state index is 5.74. The smallest absolute Gasteiger partial charge is 0.0576 e. The van der Waals surface area contributed by atoms with Crippen molar-refractivity contribution in [2.75, 3.05) is 13.2 Å². The van der Waals surface area contributed by atoms with Gasteiger partial charge in [0.05, 0.1) is 6.10 Å². The molecule has 108 valence electrons. The van der Waals surface area contributed by atoms with Gasteiger partial charge in [-0.25, -0.2) is 0 Å².